The van der Waals surface area contributed by atoms with Gasteiger partial charge in [0, 0.05) is 0 Å². The maximum Gasteiger partial charge on any atom is 0.183 e. The molecule has 0 aliphatic heterocycles. The Balaban J connectivity index is 3.14. The molecule has 0 bridgehead atoms. The minimum atomic E-state index is 0.534. The minimum Gasteiger partial charge on any atom is -0.382 e. The van der Waals surface area contributed by atoms with Gasteiger partial charge in [0.1, 0.15) is 8.70 Å². The van der Waals surface area contributed by atoms with Crippen LogP contribution in [-0.4, -0.2) is 4.98 Å². The zero-order valence-electron chi connectivity index (χ0n) is 3.89. The summed E-state index contributed by atoms with van der Waals surface area (Å²) in [6.45, 7) is 0. The Bertz CT molecular complexity index is 177. The van der Waals surface area contributed by atoms with E-state index in [1.165, 1.54) is 11.3 Å². The molecular formula is C3H4IN3S. The molecule has 0 aliphatic rings. The van der Waals surface area contributed by atoms with Gasteiger partial charge in [-0.15, -0.1) is 0 Å². The molecule has 0 amide bonds. The molecule has 1 rings (SSSR count). The lowest BCUT2D eigenvalue weighted by Crippen LogP contribution is -1.87. The Morgan fingerprint density at radius 3 is 2.25 bits per heavy atom. The quantitative estimate of drug-likeness (QED) is 0.663. The van der Waals surface area contributed by atoms with E-state index in [-0.39, 0.29) is 0 Å². The molecule has 44 valence electrons. The lowest BCUT2D eigenvalue weighted by molar-refractivity contribution is 1.42. The average Bonchev–Trinajstić information content (AvgIpc) is 1.85. The van der Waals surface area contributed by atoms with E-state index in [0.717, 1.165) is 2.88 Å². The Morgan fingerprint density at radius 2 is 2.12 bits per heavy atom. The van der Waals surface area contributed by atoms with Crippen LogP contribution >= 0.6 is 33.9 Å². The molecule has 0 spiro atoms. The maximum atomic E-state index is 5.35. The van der Waals surface area contributed by atoms with Crippen LogP contribution < -0.4 is 11.5 Å². The van der Waals surface area contributed by atoms with Gasteiger partial charge in [-0.3, -0.25) is 0 Å². The number of hydrogen-bond donors (Lipinski definition) is 2. The number of nitrogen functional groups attached to an aromatic ring is 2. The van der Waals surface area contributed by atoms with Crippen molar-refractivity contribution in [2.75, 3.05) is 11.5 Å². The average molecular weight is 241 g/mol. The van der Waals surface area contributed by atoms with Gasteiger partial charge < -0.3 is 11.5 Å². The normalized spacial score (nSPS) is 9.62. The highest BCUT2D eigenvalue weighted by Crippen LogP contribution is 2.23. The van der Waals surface area contributed by atoms with Gasteiger partial charge >= 0.3 is 0 Å². The van der Waals surface area contributed by atoms with Crippen LogP contribution in [0.25, 0.3) is 0 Å². The molecule has 0 radical (unpaired) electrons. The minimum absolute atomic E-state index is 0.534. The molecule has 3 nitrogen and oxygen atoms in total. The standard InChI is InChI=1S/C3H4IN3S/c4-1-2(5)7-3(6)8-1/h5H2,(H2,6,7). The summed E-state index contributed by atoms with van der Waals surface area (Å²) in [5.74, 6) is 0.535. The van der Waals surface area contributed by atoms with Crippen LogP contribution in [0.3, 0.4) is 0 Å². The number of anilines is 2. The summed E-state index contributed by atoms with van der Waals surface area (Å²) in [4.78, 5) is 3.78. The van der Waals surface area contributed by atoms with Crippen molar-refractivity contribution >= 4 is 44.9 Å². The van der Waals surface area contributed by atoms with Crippen molar-refractivity contribution in [1.29, 1.82) is 0 Å². The number of nitrogens with zero attached hydrogens (tertiary/aromatic N) is 1. The van der Waals surface area contributed by atoms with Crippen LogP contribution in [0.1, 0.15) is 0 Å². The summed E-state index contributed by atoms with van der Waals surface area (Å²) in [5.41, 5.74) is 10.7. The molecule has 8 heavy (non-hydrogen) atoms. The predicted molar refractivity (Wildman–Crippen MR) is 43.7 cm³/mol. The highest BCUT2D eigenvalue weighted by molar-refractivity contribution is 14.1. The summed E-state index contributed by atoms with van der Waals surface area (Å²) in [6, 6.07) is 0. The fraction of sp³-hybridized carbons (Fsp3) is 0. The monoisotopic (exact) mass is 241 g/mol. The van der Waals surface area contributed by atoms with E-state index in [1.807, 2.05) is 0 Å². The fourth-order valence-electron chi connectivity index (χ4n) is 0.330. The molecule has 0 aliphatic carbocycles. The molecule has 0 saturated carbocycles. The number of halogens is 1. The van der Waals surface area contributed by atoms with Crippen molar-refractivity contribution in [3.8, 4) is 0 Å². The fourth-order valence-corrected chi connectivity index (χ4v) is 1.60. The molecule has 0 aromatic carbocycles. The Hall–Kier alpha value is -0.0400. The topological polar surface area (TPSA) is 64.9 Å². The van der Waals surface area contributed by atoms with Crippen LogP contribution in [0.2, 0.25) is 0 Å². The summed E-state index contributed by atoms with van der Waals surface area (Å²) >= 11 is 3.49. The third-order valence-electron chi connectivity index (χ3n) is 0.626. The van der Waals surface area contributed by atoms with E-state index >= 15 is 0 Å². The van der Waals surface area contributed by atoms with E-state index in [9.17, 15) is 0 Å². The highest BCUT2D eigenvalue weighted by atomic mass is 127. The van der Waals surface area contributed by atoms with Gasteiger partial charge in [-0.05, 0) is 22.6 Å². The van der Waals surface area contributed by atoms with Crippen LogP contribution in [0.5, 0.6) is 0 Å². The molecule has 1 heterocycles. The molecule has 4 N–H and O–H groups in total. The lowest BCUT2D eigenvalue weighted by Gasteiger charge is -1.76. The Labute approximate surface area is 64.2 Å². The second kappa shape index (κ2) is 2.06. The van der Waals surface area contributed by atoms with Gasteiger partial charge in [-0.25, -0.2) is 4.98 Å². The molecule has 0 fully saturated rings. The zero-order chi connectivity index (χ0) is 6.15. The largest absolute Gasteiger partial charge is 0.382 e. The molecule has 5 heteroatoms. The highest BCUT2D eigenvalue weighted by Gasteiger charge is 1.99. The summed E-state index contributed by atoms with van der Waals surface area (Å²) in [5, 5.41) is 0.534. The van der Waals surface area contributed by atoms with Crippen LogP contribution in [0.15, 0.2) is 0 Å². The maximum absolute atomic E-state index is 5.35. The Kier molecular flexibility index (Phi) is 1.57. The first-order valence-corrected chi connectivity index (χ1v) is 3.77. The zero-order valence-corrected chi connectivity index (χ0v) is 6.86. The van der Waals surface area contributed by atoms with E-state index in [0.29, 0.717) is 10.9 Å². The van der Waals surface area contributed by atoms with E-state index in [2.05, 4.69) is 27.6 Å². The van der Waals surface area contributed by atoms with Gasteiger partial charge in [-0.1, -0.05) is 11.3 Å². The summed E-state index contributed by atoms with van der Waals surface area (Å²) < 4.78 is 0.958. The number of thiazole rings is 1. The van der Waals surface area contributed by atoms with Gasteiger partial charge in [-0.2, -0.15) is 0 Å². The van der Waals surface area contributed by atoms with Crippen molar-refractivity contribution in [2.45, 2.75) is 0 Å². The third kappa shape index (κ3) is 1.03. The number of rotatable bonds is 0. The van der Waals surface area contributed by atoms with E-state index in [1.54, 1.807) is 0 Å². The van der Waals surface area contributed by atoms with E-state index in [4.69, 9.17) is 11.5 Å². The predicted octanol–water partition coefficient (Wildman–Crippen LogP) is 0.912. The number of nitrogens with two attached hydrogens (primary N) is 2. The van der Waals surface area contributed by atoms with Crippen molar-refractivity contribution in [2.24, 2.45) is 0 Å². The molecule has 0 atom stereocenters. The van der Waals surface area contributed by atoms with Crippen molar-refractivity contribution in [3.05, 3.63) is 2.88 Å². The molecular weight excluding hydrogens is 237 g/mol. The first-order chi connectivity index (χ1) is 3.70. The number of aromatic nitrogens is 1. The summed E-state index contributed by atoms with van der Waals surface area (Å²) in [7, 11) is 0. The first-order valence-electron chi connectivity index (χ1n) is 1.87. The first kappa shape index (κ1) is 6.09. The third-order valence-corrected chi connectivity index (χ3v) is 2.53. The van der Waals surface area contributed by atoms with Crippen LogP contribution in [0.4, 0.5) is 10.9 Å². The van der Waals surface area contributed by atoms with Crippen LogP contribution in [-0.2, 0) is 0 Å². The van der Waals surface area contributed by atoms with Crippen molar-refractivity contribution in [1.82, 2.24) is 4.98 Å². The lowest BCUT2D eigenvalue weighted by atomic mass is 10.8. The van der Waals surface area contributed by atoms with Gasteiger partial charge in [0.25, 0.3) is 0 Å². The molecule has 0 saturated heterocycles. The van der Waals surface area contributed by atoms with Crippen molar-refractivity contribution in [3.63, 3.8) is 0 Å². The van der Waals surface area contributed by atoms with Crippen LogP contribution in [0, 0.1) is 2.88 Å². The smallest absolute Gasteiger partial charge is 0.183 e. The van der Waals surface area contributed by atoms with Crippen molar-refractivity contribution < 1.29 is 0 Å². The molecule has 1 aromatic rings. The second-order valence-electron chi connectivity index (χ2n) is 1.21. The van der Waals surface area contributed by atoms with Gasteiger partial charge in [0.2, 0.25) is 0 Å². The molecule has 1 aromatic heterocycles. The SMILES string of the molecule is Nc1nc(N)c(I)s1. The Morgan fingerprint density at radius 1 is 1.50 bits per heavy atom. The van der Waals surface area contributed by atoms with Gasteiger partial charge in [0.05, 0.1) is 0 Å². The number of hydrogen-bond acceptors (Lipinski definition) is 4. The van der Waals surface area contributed by atoms with E-state index < -0.39 is 0 Å². The second-order valence-corrected chi connectivity index (χ2v) is 4.05. The molecule has 0 unspecified atom stereocenters. The van der Waals surface area contributed by atoms with Gasteiger partial charge in [0.15, 0.2) is 5.13 Å². The summed E-state index contributed by atoms with van der Waals surface area (Å²) in [6.07, 6.45) is 0.